The molecule has 0 bridgehead atoms. The maximum atomic E-state index is 12.0. The molecule has 1 amide bonds. The topological polar surface area (TPSA) is 126 Å². The zero-order valence-corrected chi connectivity index (χ0v) is 12.4. The summed E-state index contributed by atoms with van der Waals surface area (Å²) in [4.78, 5) is 23.4. The van der Waals surface area contributed by atoms with Crippen molar-refractivity contribution >= 4 is 11.9 Å². The van der Waals surface area contributed by atoms with Crippen molar-refractivity contribution in [3.8, 4) is 0 Å². The minimum absolute atomic E-state index is 0.0334. The summed E-state index contributed by atoms with van der Waals surface area (Å²) in [6, 6.07) is 0. The number of ether oxygens (including phenoxy) is 4. The number of aromatic nitrogens is 2. The van der Waals surface area contributed by atoms with E-state index >= 15 is 0 Å². The van der Waals surface area contributed by atoms with Crippen molar-refractivity contribution in [2.24, 2.45) is 5.73 Å². The van der Waals surface area contributed by atoms with E-state index in [1.165, 1.54) is 7.11 Å². The van der Waals surface area contributed by atoms with Crippen molar-refractivity contribution in [1.82, 2.24) is 10.2 Å². The van der Waals surface area contributed by atoms with E-state index in [1.807, 2.05) is 0 Å². The number of hydrogen-bond acceptors (Lipinski definition) is 7. The number of carbonyl (C=O) groups is 2. The molecule has 3 heterocycles. The van der Waals surface area contributed by atoms with Crippen LogP contribution in [0.4, 0.5) is 0 Å². The van der Waals surface area contributed by atoms with Crippen molar-refractivity contribution in [2.45, 2.75) is 37.9 Å². The van der Waals surface area contributed by atoms with Crippen molar-refractivity contribution in [2.75, 3.05) is 13.7 Å². The van der Waals surface area contributed by atoms with Crippen molar-refractivity contribution in [3.63, 3.8) is 0 Å². The molecule has 22 heavy (non-hydrogen) atoms. The molecule has 9 heteroatoms. The van der Waals surface area contributed by atoms with Crippen molar-refractivity contribution in [1.29, 1.82) is 0 Å². The first kappa shape index (κ1) is 14.9. The highest BCUT2D eigenvalue weighted by atomic mass is 16.8. The van der Waals surface area contributed by atoms with Crippen LogP contribution in [0, 0.1) is 0 Å². The number of nitrogens with one attached hydrogen (secondary N) is 1. The van der Waals surface area contributed by atoms with Gasteiger partial charge in [0.1, 0.15) is 23.9 Å². The van der Waals surface area contributed by atoms with Gasteiger partial charge in [0.25, 0.3) is 5.91 Å². The monoisotopic (exact) mass is 311 g/mol. The fourth-order valence-corrected chi connectivity index (χ4v) is 2.84. The molecule has 3 rings (SSSR count). The van der Waals surface area contributed by atoms with E-state index in [9.17, 15) is 9.59 Å². The molecule has 1 aromatic rings. The van der Waals surface area contributed by atoms with Gasteiger partial charge in [-0.2, -0.15) is 5.10 Å². The molecule has 120 valence electrons. The maximum Gasteiger partial charge on any atom is 0.342 e. The third kappa shape index (κ3) is 2.27. The SMILES string of the molecule is COC(=O)c1c(C(N)=O)n[nH]c1[C@H]1OC[C@@H]2OC(C)(C)O[C@H]21. The summed E-state index contributed by atoms with van der Waals surface area (Å²) in [7, 11) is 1.21. The summed E-state index contributed by atoms with van der Waals surface area (Å²) < 4.78 is 21.9. The Labute approximate surface area is 126 Å². The number of rotatable bonds is 3. The number of amides is 1. The lowest BCUT2D eigenvalue weighted by atomic mass is 10.0. The molecule has 9 nitrogen and oxygen atoms in total. The molecule has 1 aromatic heterocycles. The number of fused-ring (bicyclic) bond motifs is 1. The number of nitrogens with two attached hydrogens (primary N) is 1. The van der Waals surface area contributed by atoms with Gasteiger partial charge in [0.15, 0.2) is 11.5 Å². The first-order valence-electron chi connectivity index (χ1n) is 6.77. The zero-order valence-electron chi connectivity index (χ0n) is 12.4. The van der Waals surface area contributed by atoms with E-state index < -0.39 is 29.9 Å². The summed E-state index contributed by atoms with van der Waals surface area (Å²) in [6.45, 7) is 3.90. The van der Waals surface area contributed by atoms with Crippen LogP contribution in [0.1, 0.15) is 46.5 Å². The predicted molar refractivity (Wildman–Crippen MR) is 71.0 cm³/mol. The lowest BCUT2D eigenvalue weighted by Crippen LogP contribution is -2.26. The molecule has 2 aliphatic heterocycles. The zero-order chi connectivity index (χ0) is 16.1. The molecule has 3 atom stereocenters. The average molecular weight is 311 g/mol. The van der Waals surface area contributed by atoms with Gasteiger partial charge >= 0.3 is 5.97 Å². The Morgan fingerprint density at radius 3 is 2.77 bits per heavy atom. The minimum atomic E-state index is -0.832. The first-order valence-corrected chi connectivity index (χ1v) is 6.77. The third-order valence-corrected chi connectivity index (χ3v) is 3.66. The Bertz CT molecular complexity index is 625. The van der Waals surface area contributed by atoms with Gasteiger partial charge in [-0.15, -0.1) is 0 Å². The Hall–Kier alpha value is -1.97. The fraction of sp³-hybridized carbons (Fsp3) is 0.615. The molecule has 0 spiro atoms. The molecule has 2 aliphatic rings. The average Bonchev–Trinajstić information content (AvgIpc) is 3.08. The minimum Gasteiger partial charge on any atom is -0.465 e. The summed E-state index contributed by atoms with van der Waals surface area (Å²) in [6.07, 6.45) is -1.30. The van der Waals surface area contributed by atoms with Crippen LogP contribution in [0.3, 0.4) is 0 Å². The van der Waals surface area contributed by atoms with Crippen LogP contribution in [0.15, 0.2) is 0 Å². The number of hydrogen-bond donors (Lipinski definition) is 2. The summed E-state index contributed by atoms with van der Waals surface area (Å²) in [5, 5.41) is 6.44. The molecule has 2 fully saturated rings. The second-order valence-electron chi connectivity index (χ2n) is 5.61. The van der Waals surface area contributed by atoms with Crippen LogP contribution in [0.2, 0.25) is 0 Å². The lowest BCUT2D eigenvalue weighted by Gasteiger charge is -2.21. The van der Waals surface area contributed by atoms with Crippen LogP contribution in [-0.2, 0) is 18.9 Å². The van der Waals surface area contributed by atoms with Gasteiger partial charge in [0, 0.05) is 0 Å². The predicted octanol–water partition coefficient (Wildman–Crippen LogP) is -0.113. The second kappa shape index (κ2) is 5.04. The Morgan fingerprint density at radius 1 is 1.41 bits per heavy atom. The van der Waals surface area contributed by atoms with Gasteiger partial charge in [-0.3, -0.25) is 9.89 Å². The highest BCUT2D eigenvalue weighted by Crippen LogP contribution is 2.42. The van der Waals surface area contributed by atoms with Crippen molar-refractivity contribution in [3.05, 3.63) is 17.0 Å². The molecule has 0 unspecified atom stereocenters. The summed E-state index contributed by atoms with van der Waals surface area (Å²) in [5.74, 6) is -2.29. The molecule has 0 radical (unpaired) electrons. The summed E-state index contributed by atoms with van der Waals surface area (Å²) in [5.41, 5.74) is 5.32. The van der Waals surface area contributed by atoms with Crippen LogP contribution in [0.25, 0.3) is 0 Å². The third-order valence-electron chi connectivity index (χ3n) is 3.66. The number of methoxy groups -OCH3 is 1. The van der Waals surface area contributed by atoms with E-state index in [1.54, 1.807) is 13.8 Å². The smallest absolute Gasteiger partial charge is 0.342 e. The van der Waals surface area contributed by atoms with Gasteiger partial charge in [0.05, 0.1) is 19.4 Å². The second-order valence-corrected chi connectivity index (χ2v) is 5.61. The van der Waals surface area contributed by atoms with E-state index in [0.29, 0.717) is 12.3 Å². The molecule has 0 aromatic carbocycles. The van der Waals surface area contributed by atoms with E-state index in [4.69, 9.17) is 24.7 Å². The Morgan fingerprint density at radius 2 is 2.14 bits per heavy atom. The number of nitrogens with zero attached hydrogens (tertiary/aromatic N) is 1. The molecule has 2 saturated heterocycles. The standard InChI is InChI=1S/C13H17N3O6/c1-13(2)21-5-4-20-10(9(5)22-13)7-6(12(18)19-3)8(11(14)17)16-15-7/h5,9-10H,4H2,1-3H3,(H2,14,17)(H,15,16)/t5-,9+,10+/m0/s1. The van der Waals surface area contributed by atoms with Crippen LogP contribution in [0.5, 0.6) is 0 Å². The number of aromatic amines is 1. The molecule has 0 aliphatic carbocycles. The summed E-state index contributed by atoms with van der Waals surface area (Å²) >= 11 is 0. The van der Waals surface area contributed by atoms with Gasteiger partial charge < -0.3 is 24.7 Å². The number of primary amides is 1. The van der Waals surface area contributed by atoms with Crippen LogP contribution in [-0.4, -0.2) is 53.8 Å². The van der Waals surface area contributed by atoms with Crippen molar-refractivity contribution < 1.29 is 28.5 Å². The van der Waals surface area contributed by atoms with Crippen LogP contribution >= 0.6 is 0 Å². The quantitative estimate of drug-likeness (QED) is 0.746. The Kier molecular flexibility index (Phi) is 3.42. The van der Waals surface area contributed by atoms with Gasteiger partial charge in [0.2, 0.25) is 0 Å². The van der Waals surface area contributed by atoms with Gasteiger partial charge in [-0.1, -0.05) is 0 Å². The van der Waals surface area contributed by atoms with E-state index in [2.05, 4.69) is 10.2 Å². The maximum absolute atomic E-state index is 12.0. The molecule has 3 N–H and O–H groups in total. The van der Waals surface area contributed by atoms with Gasteiger partial charge in [-0.05, 0) is 13.8 Å². The highest BCUT2D eigenvalue weighted by Gasteiger charge is 2.52. The molecule has 0 saturated carbocycles. The van der Waals surface area contributed by atoms with E-state index in [0.717, 1.165) is 0 Å². The largest absolute Gasteiger partial charge is 0.465 e. The lowest BCUT2D eigenvalue weighted by molar-refractivity contribution is -0.176. The highest BCUT2D eigenvalue weighted by molar-refractivity contribution is 6.04. The van der Waals surface area contributed by atoms with E-state index in [-0.39, 0.29) is 17.4 Å². The number of esters is 1. The van der Waals surface area contributed by atoms with Gasteiger partial charge in [-0.25, -0.2) is 4.79 Å². The Balaban J connectivity index is 1.99. The number of H-pyrrole nitrogens is 1. The fourth-order valence-electron chi connectivity index (χ4n) is 2.84. The number of carbonyl (C=O) groups excluding carboxylic acids is 2. The van der Waals surface area contributed by atoms with Crippen LogP contribution < -0.4 is 5.73 Å². The molecular formula is C13H17N3O6. The normalized spacial score (nSPS) is 29.3. The molecular weight excluding hydrogens is 294 g/mol. The first-order chi connectivity index (χ1) is 10.3.